The number of nitrogens with zero attached hydrogens (tertiary/aromatic N) is 2. The Kier molecular flexibility index (Phi) is 9.29. The maximum absolute atomic E-state index is 11.7. The van der Waals surface area contributed by atoms with E-state index in [2.05, 4.69) is 32.6 Å². The Morgan fingerprint density at radius 3 is 2.14 bits per heavy atom. The second-order valence-electron chi connectivity index (χ2n) is 5.41. The summed E-state index contributed by atoms with van der Waals surface area (Å²) in [4.78, 5) is 15.7. The number of primary amides is 1. The lowest BCUT2D eigenvalue weighted by Gasteiger charge is -2.34. The molecule has 2 amide bonds. The summed E-state index contributed by atoms with van der Waals surface area (Å²) < 4.78 is 0. The zero-order valence-corrected chi connectivity index (χ0v) is 15.2. The van der Waals surface area contributed by atoms with E-state index in [9.17, 15) is 4.79 Å². The third kappa shape index (κ3) is 6.06. The van der Waals surface area contributed by atoms with Crippen LogP contribution in [0.25, 0.3) is 0 Å². The van der Waals surface area contributed by atoms with Gasteiger partial charge in [-0.2, -0.15) is 0 Å². The topological polar surface area (TPSA) is 49.6 Å². The van der Waals surface area contributed by atoms with Crippen molar-refractivity contribution in [3.63, 3.8) is 0 Å². The van der Waals surface area contributed by atoms with E-state index in [4.69, 9.17) is 5.73 Å². The summed E-state index contributed by atoms with van der Waals surface area (Å²) in [5, 5.41) is 0. The molecule has 0 heterocycles. The molecule has 0 aromatic heterocycles. The molecule has 1 aromatic carbocycles. The molecule has 0 fully saturated rings. The van der Waals surface area contributed by atoms with Crippen molar-refractivity contribution in [1.82, 2.24) is 4.90 Å². The number of benzene rings is 1. The first kappa shape index (κ1) is 19.9. The van der Waals surface area contributed by atoms with Crippen molar-refractivity contribution in [2.24, 2.45) is 5.73 Å². The predicted molar refractivity (Wildman–Crippen MR) is 95.3 cm³/mol. The lowest BCUT2D eigenvalue weighted by Crippen LogP contribution is -2.46. The number of anilines is 1. The largest absolute Gasteiger partial charge is 0.351 e. The smallest absolute Gasteiger partial charge is 0.319 e. The normalized spacial score (nSPS) is 12.1. The van der Waals surface area contributed by atoms with Gasteiger partial charge in [0, 0.05) is 30.9 Å². The number of urea groups is 1. The number of nitrogens with two attached hydrogens (primary N) is 1. The third-order valence-electron chi connectivity index (χ3n) is 3.74. The van der Waals surface area contributed by atoms with Gasteiger partial charge in [0.1, 0.15) is 0 Å². The number of carbonyl (C=O) groups is 1. The van der Waals surface area contributed by atoms with Crippen molar-refractivity contribution in [2.75, 3.05) is 18.0 Å². The average molecular weight is 358 g/mol. The molecule has 4 nitrogen and oxygen atoms in total. The number of hydrogen-bond acceptors (Lipinski definition) is 2. The fourth-order valence-corrected chi connectivity index (χ4v) is 2.41. The second-order valence-corrected chi connectivity index (χ2v) is 5.41. The Labute approximate surface area is 139 Å². The van der Waals surface area contributed by atoms with Crippen LogP contribution in [-0.2, 0) is 0 Å². The highest BCUT2D eigenvalue weighted by atomic mass is 79.9. The van der Waals surface area contributed by atoms with Crippen molar-refractivity contribution < 1.29 is 4.79 Å². The Morgan fingerprint density at radius 2 is 1.71 bits per heavy atom. The van der Waals surface area contributed by atoms with E-state index in [1.807, 2.05) is 30.3 Å². The first-order valence-electron chi connectivity index (χ1n) is 7.35. The number of amides is 2. The molecule has 0 aliphatic rings. The zero-order valence-electron chi connectivity index (χ0n) is 13.5. The summed E-state index contributed by atoms with van der Waals surface area (Å²) in [6, 6.07) is 10.1. The van der Waals surface area contributed by atoms with E-state index >= 15 is 0 Å². The molecule has 0 bridgehead atoms. The highest BCUT2D eigenvalue weighted by Gasteiger charge is 2.18. The molecular weight excluding hydrogens is 330 g/mol. The highest BCUT2D eigenvalue weighted by molar-refractivity contribution is 8.93. The van der Waals surface area contributed by atoms with E-state index in [0.29, 0.717) is 18.6 Å². The lowest BCUT2D eigenvalue weighted by atomic mass is 10.1. The van der Waals surface area contributed by atoms with E-state index in [1.54, 1.807) is 4.90 Å². The minimum absolute atomic E-state index is 0. The molecule has 0 aliphatic carbocycles. The molecule has 2 N–H and O–H groups in total. The SMILES string of the molecule is Br.CCC(C)N(CCN(C(N)=O)c1ccccc1)C(C)C. The van der Waals surface area contributed by atoms with Gasteiger partial charge in [-0.15, -0.1) is 17.0 Å². The van der Waals surface area contributed by atoms with Crippen LogP contribution in [0.1, 0.15) is 34.1 Å². The molecule has 5 heteroatoms. The summed E-state index contributed by atoms with van der Waals surface area (Å²) in [5.74, 6) is 0. The van der Waals surface area contributed by atoms with Crippen molar-refractivity contribution >= 4 is 28.7 Å². The van der Waals surface area contributed by atoms with Gasteiger partial charge < -0.3 is 5.73 Å². The molecule has 0 saturated heterocycles. The highest BCUT2D eigenvalue weighted by Crippen LogP contribution is 2.14. The first-order valence-corrected chi connectivity index (χ1v) is 7.35. The van der Waals surface area contributed by atoms with E-state index in [1.165, 1.54) is 0 Å². The van der Waals surface area contributed by atoms with E-state index in [0.717, 1.165) is 18.7 Å². The fourth-order valence-electron chi connectivity index (χ4n) is 2.41. The van der Waals surface area contributed by atoms with E-state index in [-0.39, 0.29) is 17.0 Å². The summed E-state index contributed by atoms with van der Waals surface area (Å²) in [7, 11) is 0. The molecule has 0 aliphatic heterocycles. The quantitative estimate of drug-likeness (QED) is 0.809. The van der Waals surface area contributed by atoms with Gasteiger partial charge in [0.15, 0.2) is 0 Å². The number of para-hydroxylation sites is 1. The molecule has 1 unspecified atom stereocenters. The molecule has 1 rings (SSSR count). The number of carbonyl (C=O) groups excluding carboxylic acids is 1. The Balaban J connectivity index is 0.00000400. The van der Waals surface area contributed by atoms with Gasteiger partial charge in [-0.1, -0.05) is 25.1 Å². The number of halogens is 1. The van der Waals surface area contributed by atoms with Gasteiger partial charge in [-0.05, 0) is 39.3 Å². The van der Waals surface area contributed by atoms with Crippen molar-refractivity contribution in [3.8, 4) is 0 Å². The summed E-state index contributed by atoms with van der Waals surface area (Å²) >= 11 is 0. The standard InChI is InChI=1S/C16H27N3O.BrH/c1-5-14(4)18(13(2)3)11-12-19(16(17)20)15-9-7-6-8-10-15;/h6-10,13-14H,5,11-12H2,1-4H3,(H2,17,20);1H. The van der Waals surface area contributed by atoms with Crippen LogP contribution in [0.2, 0.25) is 0 Å². The van der Waals surface area contributed by atoms with Crippen molar-refractivity contribution in [3.05, 3.63) is 30.3 Å². The summed E-state index contributed by atoms with van der Waals surface area (Å²) in [6.45, 7) is 10.2. The molecular formula is C16H28BrN3O. The van der Waals surface area contributed by atoms with E-state index < -0.39 is 6.03 Å². The van der Waals surface area contributed by atoms with Crippen LogP contribution in [-0.4, -0.2) is 36.1 Å². The molecule has 0 radical (unpaired) electrons. The van der Waals surface area contributed by atoms with Gasteiger partial charge in [-0.25, -0.2) is 4.79 Å². The fraction of sp³-hybridized carbons (Fsp3) is 0.562. The minimum atomic E-state index is -0.399. The van der Waals surface area contributed by atoms with Gasteiger partial charge in [0.2, 0.25) is 0 Å². The molecule has 21 heavy (non-hydrogen) atoms. The van der Waals surface area contributed by atoms with Crippen LogP contribution in [0.5, 0.6) is 0 Å². The van der Waals surface area contributed by atoms with Gasteiger partial charge in [0.05, 0.1) is 0 Å². The lowest BCUT2D eigenvalue weighted by molar-refractivity contribution is 0.164. The average Bonchev–Trinajstić information content (AvgIpc) is 2.43. The zero-order chi connectivity index (χ0) is 15.1. The maximum atomic E-state index is 11.7. The Morgan fingerprint density at radius 1 is 1.14 bits per heavy atom. The molecule has 1 aromatic rings. The van der Waals surface area contributed by atoms with Crippen LogP contribution in [0, 0.1) is 0 Å². The monoisotopic (exact) mass is 357 g/mol. The minimum Gasteiger partial charge on any atom is -0.351 e. The van der Waals surface area contributed by atoms with Gasteiger partial charge in [0.25, 0.3) is 0 Å². The van der Waals surface area contributed by atoms with Crippen molar-refractivity contribution in [1.29, 1.82) is 0 Å². The first-order chi connectivity index (χ1) is 9.47. The summed E-state index contributed by atoms with van der Waals surface area (Å²) in [5.41, 5.74) is 6.36. The van der Waals surface area contributed by atoms with Crippen LogP contribution >= 0.6 is 17.0 Å². The summed E-state index contributed by atoms with van der Waals surface area (Å²) in [6.07, 6.45) is 1.10. The number of hydrogen-bond donors (Lipinski definition) is 1. The molecule has 0 spiro atoms. The van der Waals surface area contributed by atoms with Gasteiger partial charge >= 0.3 is 6.03 Å². The van der Waals surface area contributed by atoms with Crippen LogP contribution in [0.3, 0.4) is 0 Å². The molecule has 120 valence electrons. The number of rotatable bonds is 7. The molecule has 0 saturated carbocycles. The third-order valence-corrected chi connectivity index (χ3v) is 3.74. The van der Waals surface area contributed by atoms with Gasteiger partial charge in [-0.3, -0.25) is 9.80 Å². The maximum Gasteiger partial charge on any atom is 0.319 e. The Hall–Kier alpha value is -1.07. The Bertz CT molecular complexity index is 411. The second kappa shape index (κ2) is 9.79. The van der Waals surface area contributed by atoms with Crippen LogP contribution in [0.4, 0.5) is 10.5 Å². The molecule has 1 atom stereocenters. The predicted octanol–water partition coefficient (Wildman–Crippen LogP) is 3.66. The van der Waals surface area contributed by atoms with Crippen molar-refractivity contribution in [2.45, 2.75) is 46.2 Å². The van der Waals surface area contributed by atoms with Crippen LogP contribution in [0.15, 0.2) is 30.3 Å². The van der Waals surface area contributed by atoms with Crippen LogP contribution < -0.4 is 10.6 Å².